The molecule has 0 aromatic heterocycles. The van der Waals surface area contributed by atoms with Crippen molar-refractivity contribution in [3.63, 3.8) is 0 Å². The number of hydrogen-bond donors (Lipinski definition) is 1. The summed E-state index contributed by atoms with van der Waals surface area (Å²) in [6.45, 7) is 0. The van der Waals surface area contributed by atoms with E-state index in [1.54, 1.807) is 12.1 Å². The molecule has 16 heavy (non-hydrogen) atoms. The van der Waals surface area contributed by atoms with Gasteiger partial charge >= 0.3 is 0 Å². The highest BCUT2D eigenvalue weighted by Gasteiger charge is 2.42. The third-order valence-corrected chi connectivity index (χ3v) is 3.16. The highest BCUT2D eigenvalue weighted by Crippen LogP contribution is 2.31. The molecule has 1 aliphatic rings. The van der Waals surface area contributed by atoms with E-state index in [-0.39, 0.29) is 18.0 Å². The van der Waals surface area contributed by atoms with E-state index in [4.69, 9.17) is 9.47 Å². The Morgan fingerprint density at radius 3 is 2.88 bits per heavy atom. The van der Waals surface area contributed by atoms with E-state index in [9.17, 15) is 9.50 Å². The average molecular weight is 291 g/mol. The summed E-state index contributed by atoms with van der Waals surface area (Å²) in [6.07, 6.45) is -0.725. The summed E-state index contributed by atoms with van der Waals surface area (Å²) in [4.78, 5) is 0. The van der Waals surface area contributed by atoms with Crippen LogP contribution in [0.4, 0.5) is 4.39 Å². The molecule has 0 spiro atoms. The van der Waals surface area contributed by atoms with Crippen LogP contribution in [0.3, 0.4) is 0 Å². The fourth-order valence-corrected chi connectivity index (χ4v) is 2.05. The molecule has 1 aromatic rings. The molecule has 88 valence electrons. The van der Waals surface area contributed by atoms with Crippen LogP contribution in [0.25, 0.3) is 0 Å². The smallest absolute Gasteiger partial charge is 0.165 e. The summed E-state index contributed by atoms with van der Waals surface area (Å²) in [6, 6.07) is 4.49. The second kappa shape index (κ2) is 4.69. The average Bonchev–Trinajstić information content (AvgIpc) is 2.23. The van der Waals surface area contributed by atoms with Crippen molar-refractivity contribution in [1.82, 2.24) is 0 Å². The Labute approximate surface area is 101 Å². The summed E-state index contributed by atoms with van der Waals surface area (Å²) in [7, 11) is 1.50. The van der Waals surface area contributed by atoms with Crippen molar-refractivity contribution >= 4 is 15.9 Å². The van der Waals surface area contributed by atoms with Gasteiger partial charge in [-0.25, -0.2) is 4.39 Å². The number of methoxy groups -OCH3 is 1. The van der Waals surface area contributed by atoms with Crippen molar-refractivity contribution in [3.05, 3.63) is 28.5 Å². The molecule has 1 N–H and O–H groups in total. The Balaban J connectivity index is 2.07. The van der Waals surface area contributed by atoms with E-state index < -0.39 is 11.9 Å². The molecule has 1 saturated carbocycles. The first-order valence-corrected chi connectivity index (χ1v) is 5.73. The standard InChI is InChI=1S/C11H12BrFO3/c1-15-11-8(14)5-10(11)16-9-4-6(12)2-3-7(9)13/h2-4,8,10-11,14H,5H2,1H3. The maximum atomic E-state index is 13.4. The molecule has 3 atom stereocenters. The Morgan fingerprint density at radius 1 is 1.50 bits per heavy atom. The van der Waals surface area contributed by atoms with Crippen LogP contribution >= 0.6 is 15.9 Å². The van der Waals surface area contributed by atoms with Crippen LogP contribution in [0.2, 0.25) is 0 Å². The normalized spacial score (nSPS) is 28.6. The fraction of sp³-hybridized carbons (Fsp3) is 0.455. The molecule has 3 nitrogen and oxygen atoms in total. The van der Waals surface area contributed by atoms with Gasteiger partial charge in [0.15, 0.2) is 11.6 Å². The monoisotopic (exact) mass is 290 g/mol. The van der Waals surface area contributed by atoms with Crippen LogP contribution in [0.15, 0.2) is 22.7 Å². The van der Waals surface area contributed by atoms with Crippen molar-refractivity contribution in [2.24, 2.45) is 0 Å². The highest BCUT2D eigenvalue weighted by atomic mass is 79.9. The molecule has 0 radical (unpaired) electrons. The number of ether oxygens (including phenoxy) is 2. The van der Waals surface area contributed by atoms with Crippen molar-refractivity contribution < 1.29 is 19.0 Å². The molecular weight excluding hydrogens is 279 g/mol. The van der Waals surface area contributed by atoms with Gasteiger partial charge in [0.25, 0.3) is 0 Å². The van der Waals surface area contributed by atoms with Crippen LogP contribution in [0.5, 0.6) is 5.75 Å². The van der Waals surface area contributed by atoms with Gasteiger partial charge in [-0.1, -0.05) is 15.9 Å². The molecule has 0 heterocycles. The first-order valence-electron chi connectivity index (χ1n) is 4.94. The third kappa shape index (κ3) is 2.21. The quantitative estimate of drug-likeness (QED) is 0.927. The molecule has 0 aliphatic heterocycles. The SMILES string of the molecule is COC1C(O)CC1Oc1cc(Br)ccc1F. The minimum Gasteiger partial charge on any atom is -0.484 e. The van der Waals surface area contributed by atoms with E-state index in [2.05, 4.69) is 15.9 Å². The maximum absolute atomic E-state index is 13.4. The predicted molar refractivity (Wildman–Crippen MR) is 59.9 cm³/mol. The zero-order valence-corrected chi connectivity index (χ0v) is 10.3. The van der Waals surface area contributed by atoms with E-state index in [0.717, 1.165) is 4.47 Å². The van der Waals surface area contributed by atoms with Gasteiger partial charge in [0, 0.05) is 18.0 Å². The number of halogens is 2. The lowest BCUT2D eigenvalue weighted by molar-refractivity contribution is -0.149. The highest BCUT2D eigenvalue weighted by molar-refractivity contribution is 9.10. The molecule has 0 amide bonds. The predicted octanol–water partition coefficient (Wildman–Crippen LogP) is 2.12. The lowest BCUT2D eigenvalue weighted by Crippen LogP contribution is -2.54. The number of benzene rings is 1. The van der Waals surface area contributed by atoms with Crippen LogP contribution in [0, 0.1) is 5.82 Å². The van der Waals surface area contributed by atoms with E-state index in [0.29, 0.717) is 6.42 Å². The Bertz CT molecular complexity index is 385. The topological polar surface area (TPSA) is 38.7 Å². The molecule has 1 fully saturated rings. The Kier molecular flexibility index (Phi) is 3.47. The minimum absolute atomic E-state index is 0.174. The lowest BCUT2D eigenvalue weighted by Gasteiger charge is -2.40. The van der Waals surface area contributed by atoms with Crippen molar-refractivity contribution in [1.29, 1.82) is 0 Å². The maximum Gasteiger partial charge on any atom is 0.165 e. The number of aliphatic hydroxyl groups excluding tert-OH is 1. The number of hydrogen-bond acceptors (Lipinski definition) is 3. The van der Waals surface area contributed by atoms with Gasteiger partial charge in [-0.05, 0) is 18.2 Å². The summed E-state index contributed by atoms with van der Waals surface area (Å²) < 4.78 is 24.6. The molecule has 5 heteroatoms. The van der Waals surface area contributed by atoms with E-state index in [1.807, 2.05) is 0 Å². The molecule has 2 rings (SSSR count). The molecule has 1 aromatic carbocycles. The third-order valence-electron chi connectivity index (χ3n) is 2.66. The first kappa shape index (κ1) is 11.8. The molecule has 3 unspecified atom stereocenters. The second-order valence-corrected chi connectivity index (χ2v) is 4.65. The van der Waals surface area contributed by atoms with Crippen LogP contribution in [-0.4, -0.2) is 30.5 Å². The largest absolute Gasteiger partial charge is 0.484 e. The van der Waals surface area contributed by atoms with Crippen molar-refractivity contribution in [2.45, 2.75) is 24.7 Å². The van der Waals surface area contributed by atoms with Crippen LogP contribution in [-0.2, 0) is 4.74 Å². The van der Waals surface area contributed by atoms with Gasteiger partial charge in [0.1, 0.15) is 12.2 Å². The first-order chi connectivity index (χ1) is 7.61. The van der Waals surface area contributed by atoms with Gasteiger partial charge in [-0.15, -0.1) is 0 Å². The Morgan fingerprint density at radius 2 is 2.25 bits per heavy atom. The van der Waals surface area contributed by atoms with E-state index >= 15 is 0 Å². The molecule has 0 saturated heterocycles. The van der Waals surface area contributed by atoms with Crippen molar-refractivity contribution in [2.75, 3.05) is 7.11 Å². The van der Waals surface area contributed by atoms with Gasteiger partial charge < -0.3 is 14.6 Å². The fourth-order valence-electron chi connectivity index (χ4n) is 1.71. The van der Waals surface area contributed by atoms with Crippen LogP contribution in [0.1, 0.15) is 6.42 Å². The van der Waals surface area contributed by atoms with Gasteiger partial charge in [0.2, 0.25) is 0 Å². The van der Waals surface area contributed by atoms with Crippen molar-refractivity contribution in [3.8, 4) is 5.75 Å². The molecule has 1 aliphatic carbocycles. The molecular formula is C11H12BrFO3. The Hall–Kier alpha value is -0.650. The number of aliphatic hydroxyl groups is 1. The summed E-state index contributed by atoms with van der Waals surface area (Å²) in [5.41, 5.74) is 0. The lowest BCUT2D eigenvalue weighted by atomic mass is 9.88. The summed E-state index contributed by atoms with van der Waals surface area (Å²) in [5.74, 6) is -0.243. The van der Waals surface area contributed by atoms with E-state index in [1.165, 1.54) is 13.2 Å². The number of rotatable bonds is 3. The summed E-state index contributed by atoms with van der Waals surface area (Å²) in [5, 5.41) is 9.37. The van der Waals surface area contributed by atoms with Crippen LogP contribution < -0.4 is 4.74 Å². The minimum atomic E-state index is -0.523. The second-order valence-electron chi connectivity index (χ2n) is 3.73. The van der Waals surface area contributed by atoms with Gasteiger partial charge in [0.05, 0.1) is 6.10 Å². The summed E-state index contributed by atoms with van der Waals surface area (Å²) >= 11 is 3.24. The zero-order chi connectivity index (χ0) is 11.7. The van der Waals surface area contributed by atoms with Gasteiger partial charge in [-0.3, -0.25) is 0 Å². The zero-order valence-electron chi connectivity index (χ0n) is 8.69. The molecule has 0 bridgehead atoms. The van der Waals surface area contributed by atoms with Gasteiger partial charge in [-0.2, -0.15) is 0 Å².